The standard InChI is InChI=1S/C27H26FN3O5S/c1-16(17-6-9-23(35-2)24(12-17)36-3)31-26(32)10-7-19-14-29-27-21(19)11-20(15-30-27)18-5-8-22(28)25(13-18)37(4,33)34/h5-16H,1-4H3,(H,29,30)(H,31,32)/b10-7+/t16-/m1/s1. The monoisotopic (exact) mass is 523 g/mol. The number of methoxy groups -OCH3 is 2. The molecule has 2 heterocycles. The van der Waals surface area contributed by atoms with E-state index in [1.807, 2.05) is 25.1 Å². The first-order valence-corrected chi connectivity index (χ1v) is 13.2. The van der Waals surface area contributed by atoms with Crippen molar-refractivity contribution < 1.29 is 27.1 Å². The second-order valence-corrected chi connectivity index (χ2v) is 10.4. The number of fused-ring (bicyclic) bond motifs is 1. The SMILES string of the molecule is COc1ccc([C@@H](C)NC(=O)/C=C/c2c[nH]c3ncc(-c4ccc(F)c(S(C)(=O)=O)c4)cc23)cc1OC. The minimum atomic E-state index is -3.73. The van der Waals surface area contributed by atoms with Crippen molar-refractivity contribution in [2.75, 3.05) is 20.5 Å². The van der Waals surface area contributed by atoms with Gasteiger partial charge in [-0.15, -0.1) is 0 Å². The third kappa shape index (κ3) is 5.64. The van der Waals surface area contributed by atoms with Crippen LogP contribution in [-0.4, -0.2) is 44.8 Å². The van der Waals surface area contributed by atoms with Crippen molar-refractivity contribution in [3.63, 3.8) is 0 Å². The van der Waals surface area contributed by atoms with E-state index in [9.17, 15) is 17.6 Å². The molecular weight excluding hydrogens is 497 g/mol. The number of aromatic nitrogens is 2. The van der Waals surface area contributed by atoms with E-state index in [2.05, 4.69) is 15.3 Å². The van der Waals surface area contributed by atoms with Crippen molar-refractivity contribution in [1.29, 1.82) is 0 Å². The highest BCUT2D eigenvalue weighted by Gasteiger charge is 2.16. The summed E-state index contributed by atoms with van der Waals surface area (Å²) in [5, 5.41) is 3.64. The number of amides is 1. The lowest BCUT2D eigenvalue weighted by atomic mass is 10.1. The van der Waals surface area contributed by atoms with Gasteiger partial charge < -0.3 is 19.8 Å². The number of carbonyl (C=O) groups is 1. The average Bonchev–Trinajstić information content (AvgIpc) is 3.28. The average molecular weight is 524 g/mol. The van der Waals surface area contributed by atoms with Crippen LogP contribution in [0.2, 0.25) is 0 Å². The van der Waals surface area contributed by atoms with Crippen LogP contribution in [0, 0.1) is 5.82 Å². The fraction of sp³-hybridized carbons (Fsp3) is 0.185. The van der Waals surface area contributed by atoms with Crippen molar-refractivity contribution >= 4 is 32.9 Å². The van der Waals surface area contributed by atoms with Gasteiger partial charge >= 0.3 is 0 Å². The molecule has 0 fully saturated rings. The Labute approximate surface area is 214 Å². The van der Waals surface area contributed by atoms with Crippen molar-refractivity contribution in [2.24, 2.45) is 0 Å². The zero-order valence-electron chi connectivity index (χ0n) is 20.7. The van der Waals surface area contributed by atoms with Gasteiger partial charge in [0.05, 0.1) is 20.3 Å². The minimum absolute atomic E-state index is 0.282. The van der Waals surface area contributed by atoms with E-state index in [0.717, 1.165) is 23.3 Å². The van der Waals surface area contributed by atoms with Gasteiger partial charge in [-0.2, -0.15) is 0 Å². The molecule has 0 saturated carbocycles. The van der Waals surface area contributed by atoms with Gasteiger partial charge in [-0.05, 0) is 54.5 Å². The molecule has 1 amide bonds. The van der Waals surface area contributed by atoms with Crippen LogP contribution in [0.5, 0.6) is 11.5 Å². The number of halogens is 1. The third-order valence-electron chi connectivity index (χ3n) is 5.91. The molecule has 10 heteroatoms. The van der Waals surface area contributed by atoms with Crippen LogP contribution in [0.4, 0.5) is 4.39 Å². The molecular formula is C27H26FN3O5S. The van der Waals surface area contributed by atoms with Gasteiger partial charge in [0, 0.05) is 41.2 Å². The Balaban J connectivity index is 1.55. The molecule has 0 saturated heterocycles. The molecule has 1 atom stereocenters. The summed E-state index contributed by atoms with van der Waals surface area (Å²) in [5.41, 5.74) is 3.27. The van der Waals surface area contributed by atoms with Crippen LogP contribution in [0.25, 0.3) is 28.2 Å². The smallest absolute Gasteiger partial charge is 0.244 e. The number of benzene rings is 2. The molecule has 0 bridgehead atoms. The molecule has 0 radical (unpaired) electrons. The van der Waals surface area contributed by atoms with Gasteiger partial charge in [0.25, 0.3) is 0 Å². The lowest BCUT2D eigenvalue weighted by molar-refractivity contribution is -0.117. The number of pyridine rings is 1. The van der Waals surface area contributed by atoms with Gasteiger partial charge in [-0.1, -0.05) is 12.1 Å². The summed E-state index contributed by atoms with van der Waals surface area (Å²) >= 11 is 0. The maximum absolute atomic E-state index is 14.0. The van der Waals surface area contributed by atoms with Crippen LogP contribution in [0.3, 0.4) is 0 Å². The Hall–Kier alpha value is -4.18. The summed E-state index contributed by atoms with van der Waals surface area (Å²) in [6.07, 6.45) is 7.33. The molecule has 0 unspecified atom stereocenters. The van der Waals surface area contributed by atoms with E-state index in [1.165, 1.54) is 18.2 Å². The fourth-order valence-corrected chi connectivity index (χ4v) is 4.68. The quantitative estimate of drug-likeness (QED) is 0.325. The highest BCUT2D eigenvalue weighted by molar-refractivity contribution is 7.90. The second kappa shape index (κ2) is 10.4. The zero-order valence-corrected chi connectivity index (χ0v) is 21.5. The maximum atomic E-state index is 14.0. The van der Waals surface area contributed by atoms with Gasteiger partial charge in [-0.3, -0.25) is 4.79 Å². The molecule has 4 rings (SSSR count). The normalized spacial score (nSPS) is 12.6. The first-order valence-electron chi connectivity index (χ1n) is 11.3. The van der Waals surface area contributed by atoms with Crippen LogP contribution < -0.4 is 14.8 Å². The molecule has 4 aromatic rings. The Morgan fingerprint density at radius 2 is 1.84 bits per heavy atom. The molecule has 2 N–H and O–H groups in total. The highest BCUT2D eigenvalue weighted by atomic mass is 32.2. The third-order valence-corrected chi connectivity index (χ3v) is 7.02. The van der Waals surface area contributed by atoms with Crippen molar-refractivity contribution in [2.45, 2.75) is 17.9 Å². The summed E-state index contributed by atoms with van der Waals surface area (Å²) in [4.78, 5) is 19.7. The number of sulfone groups is 1. The Bertz CT molecular complexity index is 1610. The highest BCUT2D eigenvalue weighted by Crippen LogP contribution is 2.30. The van der Waals surface area contributed by atoms with Crippen LogP contribution in [-0.2, 0) is 14.6 Å². The first-order chi connectivity index (χ1) is 17.6. The topological polar surface area (TPSA) is 110 Å². The van der Waals surface area contributed by atoms with E-state index in [-0.39, 0.29) is 16.8 Å². The predicted molar refractivity (Wildman–Crippen MR) is 140 cm³/mol. The van der Waals surface area contributed by atoms with E-state index < -0.39 is 15.7 Å². The maximum Gasteiger partial charge on any atom is 0.244 e. The number of H-pyrrole nitrogens is 1. The summed E-state index contributed by atoms with van der Waals surface area (Å²) < 4.78 is 48.5. The number of hydrogen-bond donors (Lipinski definition) is 2. The molecule has 0 aliphatic rings. The van der Waals surface area contributed by atoms with E-state index >= 15 is 0 Å². The van der Waals surface area contributed by atoms with E-state index in [0.29, 0.717) is 33.8 Å². The summed E-state index contributed by atoms with van der Waals surface area (Å²) in [6, 6.07) is 10.9. The summed E-state index contributed by atoms with van der Waals surface area (Å²) in [6.45, 7) is 1.86. The van der Waals surface area contributed by atoms with E-state index in [1.54, 1.807) is 38.8 Å². The van der Waals surface area contributed by atoms with Crippen LogP contribution in [0.15, 0.2) is 65.8 Å². The van der Waals surface area contributed by atoms with Gasteiger partial charge in [0.2, 0.25) is 5.91 Å². The first kappa shape index (κ1) is 25.9. The van der Waals surface area contributed by atoms with Gasteiger partial charge in [0.15, 0.2) is 21.3 Å². The van der Waals surface area contributed by atoms with Gasteiger partial charge in [0.1, 0.15) is 16.4 Å². The van der Waals surface area contributed by atoms with E-state index in [4.69, 9.17) is 9.47 Å². The predicted octanol–water partition coefficient (Wildman–Crippen LogP) is 4.68. The number of aromatic amines is 1. The molecule has 2 aromatic heterocycles. The molecule has 0 spiro atoms. The summed E-state index contributed by atoms with van der Waals surface area (Å²) in [5.74, 6) is 0.0738. The molecule has 192 valence electrons. The summed E-state index contributed by atoms with van der Waals surface area (Å²) in [7, 11) is -0.620. The number of rotatable bonds is 8. The second-order valence-electron chi connectivity index (χ2n) is 8.46. The Morgan fingerprint density at radius 1 is 1.08 bits per heavy atom. The number of carbonyl (C=O) groups excluding carboxylic acids is 1. The molecule has 0 aliphatic heterocycles. The largest absolute Gasteiger partial charge is 0.493 e. The zero-order chi connectivity index (χ0) is 26.7. The van der Waals surface area contributed by atoms with Crippen LogP contribution >= 0.6 is 0 Å². The number of nitrogens with one attached hydrogen (secondary N) is 2. The molecule has 8 nitrogen and oxygen atoms in total. The lowest BCUT2D eigenvalue weighted by Gasteiger charge is -2.15. The minimum Gasteiger partial charge on any atom is -0.493 e. The van der Waals surface area contributed by atoms with Crippen LogP contribution in [0.1, 0.15) is 24.1 Å². The van der Waals surface area contributed by atoms with Gasteiger partial charge in [-0.25, -0.2) is 17.8 Å². The fourth-order valence-electron chi connectivity index (χ4n) is 3.92. The Morgan fingerprint density at radius 3 is 2.54 bits per heavy atom. The Kier molecular flexibility index (Phi) is 7.30. The molecule has 37 heavy (non-hydrogen) atoms. The molecule has 0 aliphatic carbocycles. The number of hydrogen-bond acceptors (Lipinski definition) is 6. The molecule has 2 aromatic carbocycles. The van der Waals surface area contributed by atoms with Crippen molar-refractivity contribution in [3.8, 4) is 22.6 Å². The number of nitrogens with zero attached hydrogens (tertiary/aromatic N) is 1. The van der Waals surface area contributed by atoms with Crippen molar-refractivity contribution in [1.82, 2.24) is 15.3 Å². The number of ether oxygens (including phenoxy) is 2. The van der Waals surface area contributed by atoms with Crippen molar-refractivity contribution in [3.05, 3.63) is 77.9 Å². The lowest BCUT2D eigenvalue weighted by Crippen LogP contribution is -2.24.